The highest BCUT2D eigenvalue weighted by Crippen LogP contribution is 2.15. The van der Waals surface area contributed by atoms with E-state index in [9.17, 15) is 19.2 Å². The van der Waals surface area contributed by atoms with Gasteiger partial charge < -0.3 is 25.3 Å². The summed E-state index contributed by atoms with van der Waals surface area (Å²) < 4.78 is 0. The van der Waals surface area contributed by atoms with Gasteiger partial charge in [-0.1, -0.05) is 6.42 Å². The third kappa shape index (κ3) is 10.9. The van der Waals surface area contributed by atoms with Gasteiger partial charge in [0.1, 0.15) is 18.1 Å². The molecule has 1 amide bonds. The highest BCUT2D eigenvalue weighted by atomic mass is 32.2. The number of carboxylic acid groups (broad SMARTS) is 1. The van der Waals surface area contributed by atoms with Gasteiger partial charge in [0.05, 0.1) is 5.25 Å². The normalized spacial score (nSPS) is 13.2. The molecule has 0 aliphatic rings. The second-order valence-electron chi connectivity index (χ2n) is 5.48. The van der Waals surface area contributed by atoms with Crippen LogP contribution in [0.25, 0.3) is 0 Å². The predicted molar refractivity (Wildman–Crippen MR) is 89.3 cm³/mol. The topological polar surface area (TPSA) is 118 Å². The maximum atomic E-state index is 12.0. The van der Waals surface area contributed by atoms with Gasteiger partial charge in [0.25, 0.3) is 0 Å². The molecule has 3 N–H and O–H groups in total. The average molecular weight is 346 g/mol. The molecule has 0 spiro atoms. The molecular weight excluding hydrogens is 320 g/mol. The number of rotatable bonds is 13. The van der Waals surface area contributed by atoms with E-state index in [0.29, 0.717) is 19.3 Å². The number of unbranched alkanes of at least 4 members (excludes halogenated alkanes) is 2. The molecule has 132 valence electrons. The van der Waals surface area contributed by atoms with Crippen molar-refractivity contribution in [3.05, 3.63) is 0 Å². The first-order valence-corrected chi connectivity index (χ1v) is 8.61. The number of carbonyl (C=O) groups is 4. The number of Topliss-reactive ketones (excluding diaryl/α,β-unsaturated/α-hetero) is 1. The van der Waals surface area contributed by atoms with Crippen molar-refractivity contribution in [2.45, 2.75) is 50.3 Å². The van der Waals surface area contributed by atoms with E-state index in [1.165, 1.54) is 0 Å². The summed E-state index contributed by atoms with van der Waals surface area (Å²) in [6.45, 7) is 2.13. The molecule has 0 fully saturated rings. The lowest BCUT2D eigenvalue weighted by molar-refractivity contribution is -0.138. The molecule has 0 rings (SSSR count). The Labute approximate surface area is 141 Å². The SMILES string of the molecule is CC(=O)CCCCCN(C)C(=O)CC(C=O)SCC(N)C(=O)O. The van der Waals surface area contributed by atoms with Gasteiger partial charge in [-0.3, -0.25) is 9.59 Å². The van der Waals surface area contributed by atoms with Crippen molar-refractivity contribution in [3.63, 3.8) is 0 Å². The second-order valence-corrected chi connectivity index (χ2v) is 6.76. The summed E-state index contributed by atoms with van der Waals surface area (Å²) in [6.07, 6.45) is 3.74. The molecular formula is C15H26N2O5S. The van der Waals surface area contributed by atoms with E-state index in [1.54, 1.807) is 18.9 Å². The van der Waals surface area contributed by atoms with E-state index in [0.717, 1.165) is 31.0 Å². The Morgan fingerprint density at radius 2 is 1.91 bits per heavy atom. The lowest BCUT2D eigenvalue weighted by Gasteiger charge is -2.19. The van der Waals surface area contributed by atoms with Crippen molar-refractivity contribution >= 4 is 35.7 Å². The minimum absolute atomic E-state index is 0.0322. The van der Waals surface area contributed by atoms with Crippen LogP contribution in [0.2, 0.25) is 0 Å². The predicted octanol–water partition coefficient (Wildman–Crippen LogP) is 0.697. The van der Waals surface area contributed by atoms with Crippen molar-refractivity contribution in [1.29, 1.82) is 0 Å². The molecule has 0 aliphatic heterocycles. The van der Waals surface area contributed by atoms with Crippen molar-refractivity contribution in [3.8, 4) is 0 Å². The maximum Gasteiger partial charge on any atom is 0.321 e. The number of hydrogen-bond acceptors (Lipinski definition) is 6. The number of carbonyl (C=O) groups excluding carboxylic acids is 3. The summed E-state index contributed by atoms with van der Waals surface area (Å²) in [4.78, 5) is 46.0. The Morgan fingerprint density at radius 3 is 2.43 bits per heavy atom. The fourth-order valence-electron chi connectivity index (χ4n) is 1.80. The zero-order valence-electron chi connectivity index (χ0n) is 13.7. The number of nitrogens with zero attached hydrogens (tertiary/aromatic N) is 1. The van der Waals surface area contributed by atoms with Crippen LogP contribution in [0.3, 0.4) is 0 Å². The molecule has 2 unspecified atom stereocenters. The number of aldehydes is 1. The Balaban J connectivity index is 4.04. The van der Waals surface area contributed by atoms with Crippen LogP contribution in [0.1, 0.15) is 39.0 Å². The zero-order valence-corrected chi connectivity index (χ0v) is 14.5. The molecule has 0 heterocycles. The molecule has 0 aliphatic carbocycles. The van der Waals surface area contributed by atoms with Crippen molar-refractivity contribution in [1.82, 2.24) is 4.90 Å². The molecule has 0 saturated carbocycles. The van der Waals surface area contributed by atoms with E-state index in [1.807, 2.05) is 0 Å². The Bertz CT molecular complexity index is 417. The van der Waals surface area contributed by atoms with E-state index >= 15 is 0 Å². The maximum absolute atomic E-state index is 12.0. The first-order chi connectivity index (χ1) is 10.8. The molecule has 0 bridgehead atoms. The van der Waals surface area contributed by atoms with Crippen LogP contribution in [-0.4, -0.2) is 64.6 Å². The molecule has 7 nitrogen and oxygen atoms in total. The minimum Gasteiger partial charge on any atom is -0.480 e. The van der Waals surface area contributed by atoms with Gasteiger partial charge in [-0.05, 0) is 19.8 Å². The number of aliphatic carboxylic acids is 1. The van der Waals surface area contributed by atoms with Crippen LogP contribution >= 0.6 is 11.8 Å². The van der Waals surface area contributed by atoms with Gasteiger partial charge in [-0.2, -0.15) is 0 Å². The van der Waals surface area contributed by atoms with Crippen LogP contribution in [0.15, 0.2) is 0 Å². The van der Waals surface area contributed by atoms with E-state index in [4.69, 9.17) is 10.8 Å². The summed E-state index contributed by atoms with van der Waals surface area (Å²) in [6, 6.07) is -1.04. The Morgan fingerprint density at radius 1 is 1.26 bits per heavy atom. The van der Waals surface area contributed by atoms with Gasteiger partial charge in [-0.15, -0.1) is 11.8 Å². The summed E-state index contributed by atoms with van der Waals surface area (Å²) in [5.74, 6) is -1.04. The molecule has 2 atom stereocenters. The zero-order chi connectivity index (χ0) is 17.8. The number of amides is 1. The van der Waals surface area contributed by atoms with Crippen LogP contribution in [0.4, 0.5) is 0 Å². The number of thioether (sulfide) groups is 1. The van der Waals surface area contributed by atoms with E-state index in [-0.39, 0.29) is 23.9 Å². The molecule has 8 heteroatoms. The quantitative estimate of drug-likeness (QED) is 0.372. The number of hydrogen-bond donors (Lipinski definition) is 2. The molecule has 0 aromatic carbocycles. The highest BCUT2D eigenvalue weighted by Gasteiger charge is 2.19. The summed E-state index contributed by atoms with van der Waals surface area (Å²) in [7, 11) is 1.67. The monoisotopic (exact) mass is 346 g/mol. The van der Waals surface area contributed by atoms with E-state index < -0.39 is 17.3 Å². The average Bonchev–Trinajstić information content (AvgIpc) is 2.49. The van der Waals surface area contributed by atoms with Crippen molar-refractivity contribution < 1.29 is 24.3 Å². The van der Waals surface area contributed by atoms with Crippen LogP contribution in [0.5, 0.6) is 0 Å². The minimum atomic E-state index is -1.13. The number of nitrogens with two attached hydrogens (primary N) is 1. The third-order valence-electron chi connectivity index (χ3n) is 3.28. The fraction of sp³-hybridized carbons (Fsp3) is 0.733. The first-order valence-electron chi connectivity index (χ1n) is 7.56. The summed E-state index contributed by atoms with van der Waals surface area (Å²) in [5.41, 5.74) is 5.37. The van der Waals surface area contributed by atoms with Crippen LogP contribution in [-0.2, 0) is 19.2 Å². The molecule has 23 heavy (non-hydrogen) atoms. The van der Waals surface area contributed by atoms with E-state index in [2.05, 4.69) is 0 Å². The summed E-state index contributed by atoms with van der Waals surface area (Å²) >= 11 is 1.08. The third-order valence-corrected chi connectivity index (χ3v) is 4.54. The largest absolute Gasteiger partial charge is 0.480 e. The smallest absolute Gasteiger partial charge is 0.321 e. The van der Waals surface area contributed by atoms with Crippen LogP contribution < -0.4 is 5.73 Å². The Hall–Kier alpha value is -1.41. The van der Waals surface area contributed by atoms with Gasteiger partial charge in [0.2, 0.25) is 5.91 Å². The molecule has 0 radical (unpaired) electrons. The number of carboxylic acids is 1. The van der Waals surface area contributed by atoms with Gasteiger partial charge in [0.15, 0.2) is 0 Å². The second kappa shape index (κ2) is 12.1. The fourth-order valence-corrected chi connectivity index (χ4v) is 2.73. The van der Waals surface area contributed by atoms with Crippen LogP contribution in [0, 0.1) is 0 Å². The first kappa shape index (κ1) is 21.6. The lowest BCUT2D eigenvalue weighted by atomic mass is 10.1. The van der Waals surface area contributed by atoms with Crippen molar-refractivity contribution in [2.75, 3.05) is 19.3 Å². The van der Waals surface area contributed by atoms with Gasteiger partial charge in [-0.25, -0.2) is 0 Å². The number of ketones is 1. The molecule has 0 saturated heterocycles. The Kier molecular flexibility index (Phi) is 11.3. The standard InChI is InChI=1S/C15H26N2O5S/c1-11(19)6-4-3-5-7-17(2)14(20)8-12(9-18)23-10-13(16)15(21)22/h9,12-13H,3-8,10,16H2,1-2H3,(H,21,22). The van der Waals surface area contributed by atoms with Gasteiger partial charge >= 0.3 is 5.97 Å². The summed E-state index contributed by atoms with van der Waals surface area (Å²) in [5, 5.41) is 8.10. The van der Waals surface area contributed by atoms with Gasteiger partial charge in [0, 0.05) is 32.2 Å². The molecule has 0 aromatic rings. The molecule has 0 aromatic heterocycles. The highest BCUT2D eigenvalue weighted by molar-refractivity contribution is 8.00. The van der Waals surface area contributed by atoms with Crippen molar-refractivity contribution in [2.24, 2.45) is 5.73 Å². The lowest BCUT2D eigenvalue weighted by Crippen LogP contribution is -2.34.